The standard InChI is InChI=1S/C21H24N4O/c1-15(2)22-21(26)17-8-9-19-18(12-17)23-20-14-24(10-11-25(19)20)13-16-6-4-3-5-7-16/h3-9,12,15H,10-11,13-14H2,1-2H3,(H,22,26). The van der Waals surface area contributed by atoms with Crippen molar-refractivity contribution in [1.29, 1.82) is 0 Å². The highest BCUT2D eigenvalue weighted by Gasteiger charge is 2.21. The highest BCUT2D eigenvalue weighted by atomic mass is 16.1. The second-order valence-electron chi connectivity index (χ2n) is 7.21. The van der Waals surface area contributed by atoms with Gasteiger partial charge in [0.1, 0.15) is 5.82 Å². The zero-order chi connectivity index (χ0) is 18.1. The highest BCUT2D eigenvalue weighted by molar-refractivity contribution is 5.97. The maximum absolute atomic E-state index is 12.2. The normalized spacial score (nSPS) is 14.6. The van der Waals surface area contributed by atoms with Gasteiger partial charge >= 0.3 is 0 Å². The number of hydrogen-bond acceptors (Lipinski definition) is 3. The Hall–Kier alpha value is -2.66. The zero-order valence-electron chi connectivity index (χ0n) is 15.3. The molecule has 0 bridgehead atoms. The van der Waals surface area contributed by atoms with E-state index in [-0.39, 0.29) is 11.9 Å². The van der Waals surface area contributed by atoms with Crippen LogP contribution in [0.5, 0.6) is 0 Å². The second kappa shape index (κ2) is 6.92. The molecule has 26 heavy (non-hydrogen) atoms. The largest absolute Gasteiger partial charge is 0.350 e. The van der Waals surface area contributed by atoms with E-state index in [1.807, 2.05) is 38.1 Å². The van der Waals surface area contributed by atoms with E-state index in [9.17, 15) is 4.79 Å². The van der Waals surface area contributed by atoms with Gasteiger partial charge in [0.05, 0.1) is 17.6 Å². The topological polar surface area (TPSA) is 50.2 Å². The molecule has 5 heteroatoms. The average molecular weight is 348 g/mol. The van der Waals surface area contributed by atoms with Gasteiger partial charge in [0.25, 0.3) is 5.91 Å². The maximum atomic E-state index is 12.2. The van der Waals surface area contributed by atoms with Crippen LogP contribution in [0.25, 0.3) is 11.0 Å². The number of hydrogen-bond donors (Lipinski definition) is 1. The van der Waals surface area contributed by atoms with Crippen molar-refractivity contribution in [2.45, 2.75) is 39.5 Å². The van der Waals surface area contributed by atoms with Gasteiger partial charge in [-0.05, 0) is 37.6 Å². The summed E-state index contributed by atoms with van der Waals surface area (Å²) in [7, 11) is 0. The number of amides is 1. The Morgan fingerprint density at radius 1 is 1.15 bits per heavy atom. The van der Waals surface area contributed by atoms with Crippen molar-refractivity contribution in [1.82, 2.24) is 19.8 Å². The molecule has 3 aromatic rings. The van der Waals surface area contributed by atoms with Gasteiger partial charge in [-0.3, -0.25) is 9.69 Å². The second-order valence-corrected chi connectivity index (χ2v) is 7.21. The zero-order valence-corrected chi connectivity index (χ0v) is 15.3. The Morgan fingerprint density at radius 3 is 2.73 bits per heavy atom. The maximum Gasteiger partial charge on any atom is 0.251 e. The minimum atomic E-state index is -0.0430. The summed E-state index contributed by atoms with van der Waals surface area (Å²) in [6.45, 7) is 7.63. The van der Waals surface area contributed by atoms with Crippen molar-refractivity contribution in [2.75, 3.05) is 6.54 Å². The summed E-state index contributed by atoms with van der Waals surface area (Å²) in [5, 5.41) is 2.94. The van der Waals surface area contributed by atoms with E-state index in [4.69, 9.17) is 4.98 Å². The molecule has 0 unspecified atom stereocenters. The minimum Gasteiger partial charge on any atom is -0.350 e. The van der Waals surface area contributed by atoms with E-state index in [0.29, 0.717) is 5.56 Å². The molecule has 0 spiro atoms. The van der Waals surface area contributed by atoms with Crippen LogP contribution in [-0.2, 0) is 19.6 Å². The molecule has 0 saturated carbocycles. The molecule has 134 valence electrons. The van der Waals surface area contributed by atoms with E-state index < -0.39 is 0 Å². The number of carbonyl (C=O) groups is 1. The molecule has 0 radical (unpaired) electrons. The van der Waals surface area contributed by atoms with Crippen LogP contribution in [0, 0.1) is 0 Å². The lowest BCUT2D eigenvalue weighted by molar-refractivity contribution is 0.0943. The number of nitrogens with one attached hydrogen (secondary N) is 1. The van der Waals surface area contributed by atoms with E-state index in [1.54, 1.807) is 0 Å². The molecule has 0 atom stereocenters. The third-order valence-electron chi connectivity index (χ3n) is 4.76. The first-order chi connectivity index (χ1) is 12.6. The fourth-order valence-electron chi connectivity index (χ4n) is 3.53. The Labute approximate surface area is 153 Å². The van der Waals surface area contributed by atoms with E-state index in [1.165, 1.54) is 5.56 Å². The van der Waals surface area contributed by atoms with Gasteiger partial charge in [0.15, 0.2) is 0 Å². The summed E-state index contributed by atoms with van der Waals surface area (Å²) in [6, 6.07) is 16.5. The van der Waals surface area contributed by atoms with Gasteiger partial charge in [-0.15, -0.1) is 0 Å². The monoisotopic (exact) mass is 348 g/mol. The van der Waals surface area contributed by atoms with Crippen LogP contribution >= 0.6 is 0 Å². The first-order valence-corrected chi connectivity index (χ1v) is 9.16. The van der Waals surface area contributed by atoms with E-state index >= 15 is 0 Å². The molecule has 0 fully saturated rings. The van der Waals surface area contributed by atoms with Crippen LogP contribution in [-0.4, -0.2) is 32.9 Å². The molecule has 2 aromatic carbocycles. The van der Waals surface area contributed by atoms with Crippen LogP contribution in [0.15, 0.2) is 48.5 Å². The number of rotatable bonds is 4. The van der Waals surface area contributed by atoms with Crippen molar-refractivity contribution >= 4 is 16.9 Å². The van der Waals surface area contributed by atoms with Crippen LogP contribution in [0.4, 0.5) is 0 Å². The summed E-state index contributed by atoms with van der Waals surface area (Å²) >= 11 is 0. The van der Waals surface area contributed by atoms with Crippen molar-refractivity contribution in [2.24, 2.45) is 0 Å². The number of carbonyl (C=O) groups excluding carboxylic acids is 1. The number of nitrogens with zero attached hydrogens (tertiary/aromatic N) is 3. The van der Waals surface area contributed by atoms with Crippen LogP contribution in [0.2, 0.25) is 0 Å². The fourth-order valence-corrected chi connectivity index (χ4v) is 3.53. The van der Waals surface area contributed by atoms with Crippen LogP contribution in [0.1, 0.15) is 35.6 Å². The summed E-state index contributed by atoms with van der Waals surface area (Å²) in [5.41, 5.74) is 4.01. The van der Waals surface area contributed by atoms with Crippen molar-refractivity contribution in [3.63, 3.8) is 0 Å². The Balaban J connectivity index is 1.56. The first kappa shape index (κ1) is 16.8. The van der Waals surface area contributed by atoms with E-state index in [2.05, 4.69) is 39.0 Å². The van der Waals surface area contributed by atoms with Gasteiger partial charge in [-0.25, -0.2) is 4.98 Å². The third kappa shape index (κ3) is 3.35. The lowest BCUT2D eigenvalue weighted by Crippen LogP contribution is -2.33. The molecule has 0 saturated heterocycles. The Morgan fingerprint density at radius 2 is 1.96 bits per heavy atom. The number of imidazole rings is 1. The van der Waals surface area contributed by atoms with Crippen molar-refractivity contribution < 1.29 is 4.79 Å². The molecule has 2 heterocycles. The quantitative estimate of drug-likeness (QED) is 0.788. The molecule has 1 aliphatic heterocycles. The van der Waals surface area contributed by atoms with Gasteiger partial charge in [0, 0.05) is 31.2 Å². The predicted octanol–water partition coefficient (Wildman–Crippen LogP) is 3.19. The Bertz CT molecular complexity index is 930. The van der Waals surface area contributed by atoms with Crippen molar-refractivity contribution in [3.05, 3.63) is 65.5 Å². The van der Waals surface area contributed by atoms with Gasteiger partial charge in [0.2, 0.25) is 0 Å². The molecular weight excluding hydrogens is 324 g/mol. The first-order valence-electron chi connectivity index (χ1n) is 9.16. The number of benzene rings is 2. The molecule has 5 nitrogen and oxygen atoms in total. The molecule has 1 aliphatic rings. The smallest absolute Gasteiger partial charge is 0.251 e. The minimum absolute atomic E-state index is 0.0430. The predicted molar refractivity (Wildman–Crippen MR) is 103 cm³/mol. The summed E-state index contributed by atoms with van der Waals surface area (Å²) < 4.78 is 2.28. The molecule has 1 amide bonds. The molecular formula is C21H24N4O. The molecule has 0 aliphatic carbocycles. The molecule has 1 N–H and O–H groups in total. The number of aromatic nitrogens is 2. The van der Waals surface area contributed by atoms with Gasteiger partial charge < -0.3 is 9.88 Å². The van der Waals surface area contributed by atoms with Gasteiger partial charge in [-0.1, -0.05) is 30.3 Å². The van der Waals surface area contributed by atoms with Crippen molar-refractivity contribution in [3.8, 4) is 0 Å². The highest BCUT2D eigenvalue weighted by Crippen LogP contribution is 2.23. The van der Waals surface area contributed by atoms with E-state index in [0.717, 1.165) is 43.0 Å². The Kier molecular flexibility index (Phi) is 4.47. The lowest BCUT2D eigenvalue weighted by Gasteiger charge is -2.27. The van der Waals surface area contributed by atoms with Gasteiger partial charge in [-0.2, -0.15) is 0 Å². The summed E-state index contributed by atoms with van der Waals surface area (Å²) in [4.78, 5) is 19.5. The van der Waals surface area contributed by atoms with Crippen LogP contribution < -0.4 is 5.32 Å². The average Bonchev–Trinajstić information content (AvgIpc) is 2.98. The summed E-state index contributed by atoms with van der Waals surface area (Å²) in [6.07, 6.45) is 0. The third-order valence-corrected chi connectivity index (χ3v) is 4.76. The fraction of sp³-hybridized carbons (Fsp3) is 0.333. The molecule has 4 rings (SSSR count). The van der Waals surface area contributed by atoms with Crippen LogP contribution in [0.3, 0.4) is 0 Å². The number of fused-ring (bicyclic) bond motifs is 3. The SMILES string of the molecule is CC(C)NC(=O)c1ccc2c(c1)nc1n2CCN(Cc2ccccc2)C1. The summed E-state index contributed by atoms with van der Waals surface area (Å²) in [5.74, 6) is 1.03. The lowest BCUT2D eigenvalue weighted by atomic mass is 10.1. The molecule has 1 aromatic heterocycles.